The molecule has 0 atom stereocenters. The van der Waals surface area contributed by atoms with Crippen LogP contribution in [0.4, 0.5) is 10.2 Å². The number of aromatic nitrogens is 2. The lowest BCUT2D eigenvalue weighted by Crippen LogP contribution is -2.49. The number of piperazine rings is 1. The quantitative estimate of drug-likeness (QED) is 0.617. The van der Waals surface area contributed by atoms with E-state index in [1.165, 1.54) is 12.1 Å². The van der Waals surface area contributed by atoms with Crippen molar-refractivity contribution in [3.63, 3.8) is 0 Å². The van der Waals surface area contributed by atoms with Crippen molar-refractivity contribution in [2.75, 3.05) is 31.1 Å². The first-order valence-corrected chi connectivity index (χ1v) is 9.79. The zero-order chi connectivity index (χ0) is 19.5. The molecule has 2 aromatic carbocycles. The highest BCUT2D eigenvalue weighted by Crippen LogP contribution is 2.20. The van der Waals surface area contributed by atoms with Gasteiger partial charge in [-0.1, -0.05) is 15.9 Å². The Balaban J connectivity index is 1.39. The standard InChI is InChI=1S/C21H18BrFN4O/c22-17-5-1-16(2-6-17)21(28)27-13-11-26(12-14-27)20-10-9-19(24-25-20)15-3-7-18(23)8-4-15/h1-10H,11-14H2. The largest absolute Gasteiger partial charge is 0.352 e. The molecule has 0 N–H and O–H groups in total. The minimum Gasteiger partial charge on any atom is -0.352 e. The second kappa shape index (κ2) is 8.06. The number of benzene rings is 2. The Kier molecular flexibility index (Phi) is 5.34. The second-order valence-corrected chi connectivity index (χ2v) is 7.49. The summed E-state index contributed by atoms with van der Waals surface area (Å²) in [6.45, 7) is 2.67. The smallest absolute Gasteiger partial charge is 0.253 e. The number of carbonyl (C=O) groups excluding carboxylic acids is 1. The van der Waals surface area contributed by atoms with E-state index in [0.29, 0.717) is 37.4 Å². The van der Waals surface area contributed by atoms with Crippen molar-refractivity contribution in [3.05, 3.63) is 76.5 Å². The molecular formula is C21H18BrFN4O. The first-order chi connectivity index (χ1) is 13.6. The van der Waals surface area contributed by atoms with E-state index < -0.39 is 0 Å². The normalized spacial score (nSPS) is 14.2. The minimum atomic E-state index is -0.274. The average molecular weight is 441 g/mol. The third-order valence-electron chi connectivity index (χ3n) is 4.77. The molecule has 3 aromatic rings. The van der Waals surface area contributed by atoms with Gasteiger partial charge >= 0.3 is 0 Å². The maximum atomic E-state index is 13.1. The first kappa shape index (κ1) is 18.6. The third-order valence-corrected chi connectivity index (χ3v) is 5.30. The molecule has 142 valence electrons. The van der Waals surface area contributed by atoms with Crippen molar-refractivity contribution in [1.29, 1.82) is 0 Å². The molecule has 0 aliphatic carbocycles. The van der Waals surface area contributed by atoms with Crippen LogP contribution in [0.2, 0.25) is 0 Å². The fraction of sp³-hybridized carbons (Fsp3) is 0.190. The highest BCUT2D eigenvalue weighted by atomic mass is 79.9. The molecule has 1 amide bonds. The lowest BCUT2D eigenvalue weighted by Gasteiger charge is -2.35. The van der Waals surface area contributed by atoms with E-state index in [4.69, 9.17) is 0 Å². The Labute approximate surface area is 170 Å². The van der Waals surface area contributed by atoms with Gasteiger partial charge in [-0.25, -0.2) is 4.39 Å². The van der Waals surface area contributed by atoms with Gasteiger partial charge in [0.25, 0.3) is 5.91 Å². The highest BCUT2D eigenvalue weighted by molar-refractivity contribution is 9.10. The van der Waals surface area contributed by atoms with Crippen LogP contribution >= 0.6 is 15.9 Å². The zero-order valence-electron chi connectivity index (χ0n) is 15.1. The Hall–Kier alpha value is -2.80. The van der Waals surface area contributed by atoms with E-state index in [2.05, 4.69) is 31.0 Å². The van der Waals surface area contributed by atoms with E-state index >= 15 is 0 Å². The molecule has 0 unspecified atom stereocenters. The predicted molar refractivity (Wildman–Crippen MR) is 110 cm³/mol. The molecule has 1 aromatic heterocycles. The Morgan fingerprint density at radius 2 is 1.54 bits per heavy atom. The fourth-order valence-corrected chi connectivity index (χ4v) is 3.45. The summed E-state index contributed by atoms with van der Waals surface area (Å²) in [7, 11) is 0. The van der Waals surface area contributed by atoms with Crippen molar-refractivity contribution >= 4 is 27.7 Å². The number of nitrogens with zero attached hydrogens (tertiary/aromatic N) is 4. The van der Waals surface area contributed by atoms with Gasteiger partial charge in [0.15, 0.2) is 5.82 Å². The number of carbonyl (C=O) groups is 1. The van der Waals surface area contributed by atoms with Crippen LogP contribution in [0, 0.1) is 5.82 Å². The third kappa shape index (κ3) is 4.04. The van der Waals surface area contributed by atoms with Crippen LogP contribution < -0.4 is 4.90 Å². The van der Waals surface area contributed by atoms with E-state index in [1.54, 1.807) is 12.1 Å². The molecule has 5 nitrogen and oxygen atoms in total. The van der Waals surface area contributed by atoms with Crippen LogP contribution in [0.15, 0.2) is 65.1 Å². The van der Waals surface area contributed by atoms with Crippen LogP contribution in [0.1, 0.15) is 10.4 Å². The molecule has 7 heteroatoms. The number of halogens is 2. The van der Waals surface area contributed by atoms with Crippen LogP contribution in [0.5, 0.6) is 0 Å². The van der Waals surface area contributed by atoms with Gasteiger partial charge in [-0.3, -0.25) is 4.79 Å². The molecule has 28 heavy (non-hydrogen) atoms. The van der Waals surface area contributed by atoms with Crippen LogP contribution in [-0.2, 0) is 0 Å². The minimum absolute atomic E-state index is 0.0462. The monoisotopic (exact) mass is 440 g/mol. The summed E-state index contributed by atoms with van der Waals surface area (Å²) < 4.78 is 14.0. The molecule has 1 fully saturated rings. The van der Waals surface area contributed by atoms with Gasteiger partial charge in [0.05, 0.1) is 5.69 Å². The molecule has 1 saturated heterocycles. The van der Waals surface area contributed by atoms with Gasteiger partial charge in [-0.15, -0.1) is 10.2 Å². The van der Waals surface area contributed by atoms with Gasteiger partial charge in [0, 0.05) is 41.8 Å². The summed E-state index contributed by atoms with van der Waals surface area (Å²) in [5.74, 6) is 0.551. The van der Waals surface area contributed by atoms with Crippen LogP contribution in [0.25, 0.3) is 11.3 Å². The second-order valence-electron chi connectivity index (χ2n) is 6.57. The first-order valence-electron chi connectivity index (χ1n) is 8.99. The molecule has 1 aliphatic heterocycles. The Bertz CT molecular complexity index is 953. The molecule has 1 aliphatic rings. The van der Waals surface area contributed by atoms with E-state index in [1.807, 2.05) is 41.3 Å². The molecule has 0 radical (unpaired) electrons. The summed E-state index contributed by atoms with van der Waals surface area (Å²) in [4.78, 5) is 16.6. The number of anilines is 1. The van der Waals surface area contributed by atoms with Gasteiger partial charge in [-0.2, -0.15) is 0 Å². The molecule has 4 rings (SSSR count). The van der Waals surface area contributed by atoms with E-state index in [9.17, 15) is 9.18 Å². The summed E-state index contributed by atoms with van der Waals surface area (Å²) in [5, 5.41) is 8.58. The van der Waals surface area contributed by atoms with Crippen molar-refractivity contribution in [2.45, 2.75) is 0 Å². The fourth-order valence-electron chi connectivity index (χ4n) is 3.18. The average Bonchev–Trinajstić information content (AvgIpc) is 2.75. The maximum Gasteiger partial charge on any atom is 0.253 e. The van der Waals surface area contributed by atoms with Crippen LogP contribution in [0.3, 0.4) is 0 Å². The van der Waals surface area contributed by atoms with Crippen molar-refractivity contribution in [2.24, 2.45) is 0 Å². The van der Waals surface area contributed by atoms with Gasteiger partial charge in [0.1, 0.15) is 5.82 Å². The summed E-state index contributed by atoms with van der Waals surface area (Å²) >= 11 is 3.39. The molecule has 0 bridgehead atoms. The lowest BCUT2D eigenvalue weighted by atomic mass is 10.1. The lowest BCUT2D eigenvalue weighted by molar-refractivity contribution is 0.0746. The predicted octanol–water partition coefficient (Wildman–Crippen LogP) is 4.01. The summed E-state index contributed by atoms with van der Waals surface area (Å²) in [6, 6.07) is 17.4. The Morgan fingerprint density at radius 3 is 2.14 bits per heavy atom. The zero-order valence-corrected chi connectivity index (χ0v) is 16.6. The maximum absolute atomic E-state index is 13.1. The summed E-state index contributed by atoms with van der Waals surface area (Å²) in [6.07, 6.45) is 0. The molecule has 0 saturated carbocycles. The number of hydrogen-bond donors (Lipinski definition) is 0. The Morgan fingerprint density at radius 1 is 0.857 bits per heavy atom. The topological polar surface area (TPSA) is 49.3 Å². The van der Waals surface area contributed by atoms with Gasteiger partial charge in [-0.05, 0) is 60.7 Å². The highest BCUT2D eigenvalue weighted by Gasteiger charge is 2.23. The number of hydrogen-bond acceptors (Lipinski definition) is 4. The molecule has 2 heterocycles. The van der Waals surface area contributed by atoms with Gasteiger partial charge < -0.3 is 9.80 Å². The van der Waals surface area contributed by atoms with Crippen molar-refractivity contribution in [1.82, 2.24) is 15.1 Å². The van der Waals surface area contributed by atoms with Crippen molar-refractivity contribution < 1.29 is 9.18 Å². The number of rotatable bonds is 3. The van der Waals surface area contributed by atoms with Gasteiger partial charge in [0.2, 0.25) is 0 Å². The van der Waals surface area contributed by atoms with Crippen LogP contribution in [-0.4, -0.2) is 47.2 Å². The molecular weight excluding hydrogens is 423 g/mol. The van der Waals surface area contributed by atoms with Crippen molar-refractivity contribution in [3.8, 4) is 11.3 Å². The van der Waals surface area contributed by atoms with E-state index in [-0.39, 0.29) is 11.7 Å². The summed E-state index contributed by atoms with van der Waals surface area (Å²) in [5.41, 5.74) is 2.22. The van der Waals surface area contributed by atoms with E-state index in [0.717, 1.165) is 15.9 Å². The SMILES string of the molecule is O=C(c1ccc(Br)cc1)N1CCN(c2ccc(-c3ccc(F)cc3)nn2)CC1. The molecule has 0 spiro atoms. The number of amides is 1.